The molecule has 0 aliphatic heterocycles. The van der Waals surface area contributed by atoms with E-state index in [1.165, 1.54) is 25.5 Å². The number of allylic oxidation sites excluding steroid dienone is 2. The standard InChI is InChI=1S/C29H43N5O/c1-6-15-24(23-34(9-4)21-19-25(7-2)27-18-13-14-20-31-27)22-28(29(35)30-8-3)32-33(5)26-16-11-10-12-17-26/h2,6,8,13-15,18,20,22,25-26,29-30,32,35H,1,3,9-12,16-17,19,21,23H2,4-5H3/b24-15-,28-22+. The molecule has 1 aliphatic carbocycles. The fourth-order valence-corrected chi connectivity index (χ4v) is 4.45. The van der Waals surface area contributed by atoms with Crippen LogP contribution in [0, 0.1) is 12.3 Å². The van der Waals surface area contributed by atoms with E-state index >= 15 is 0 Å². The minimum absolute atomic E-state index is 0.0207. The summed E-state index contributed by atoms with van der Waals surface area (Å²) in [6.45, 7) is 12.2. The lowest BCUT2D eigenvalue weighted by Gasteiger charge is -2.34. The topological polar surface area (TPSA) is 63.7 Å². The summed E-state index contributed by atoms with van der Waals surface area (Å²) >= 11 is 0. The maximum Gasteiger partial charge on any atom is 0.166 e. The number of nitrogens with one attached hydrogen (secondary N) is 2. The number of likely N-dealkylation sites (N-methyl/N-ethyl adjacent to an activating group) is 1. The smallest absolute Gasteiger partial charge is 0.166 e. The van der Waals surface area contributed by atoms with E-state index in [0.29, 0.717) is 18.3 Å². The summed E-state index contributed by atoms with van der Waals surface area (Å²) in [6, 6.07) is 6.32. The summed E-state index contributed by atoms with van der Waals surface area (Å²) in [5.74, 6) is 2.87. The van der Waals surface area contributed by atoms with Crippen LogP contribution in [0.1, 0.15) is 57.1 Å². The predicted molar refractivity (Wildman–Crippen MR) is 146 cm³/mol. The van der Waals surface area contributed by atoms with Crippen LogP contribution in [-0.2, 0) is 0 Å². The Bertz CT molecular complexity index is 867. The van der Waals surface area contributed by atoms with E-state index in [1.54, 1.807) is 12.3 Å². The van der Waals surface area contributed by atoms with Crippen molar-refractivity contribution in [1.29, 1.82) is 0 Å². The Morgan fingerprint density at radius 1 is 1.31 bits per heavy atom. The Morgan fingerprint density at radius 3 is 2.69 bits per heavy atom. The van der Waals surface area contributed by atoms with Gasteiger partial charge in [-0.3, -0.25) is 9.88 Å². The Balaban J connectivity index is 2.13. The Hall–Kier alpha value is -2.85. The number of nitrogens with zero attached hydrogens (tertiary/aromatic N) is 3. The second-order valence-corrected chi connectivity index (χ2v) is 9.00. The largest absolute Gasteiger partial charge is 0.368 e. The molecule has 0 spiro atoms. The summed E-state index contributed by atoms with van der Waals surface area (Å²) < 4.78 is 0. The molecule has 1 heterocycles. The SMILES string of the molecule is C#CC(CCN(CC)CC(=C\C=C)/C=C(/NN(C)C1CCCCC1)C(O)NC=C)c1ccccn1. The molecular formula is C29H43N5O. The molecule has 2 rings (SSSR count). The van der Waals surface area contributed by atoms with Gasteiger partial charge in [0.1, 0.15) is 0 Å². The van der Waals surface area contributed by atoms with Gasteiger partial charge in [0.05, 0.1) is 17.3 Å². The fourth-order valence-electron chi connectivity index (χ4n) is 4.45. The molecule has 0 saturated heterocycles. The second-order valence-electron chi connectivity index (χ2n) is 9.00. The molecule has 6 nitrogen and oxygen atoms in total. The third kappa shape index (κ3) is 9.73. The van der Waals surface area contributed by atoms with Crippen LogP contribution in [0.15, 0.2) is 73.3 Å². The molecule has 2 atom stereocenters. The molecule has 190 valence electrons. The van der Waals surface area contributed by atoms with E-state index in [2.05, 4.69) is 58.7 Å². The van der Waals surface area contributed by atoms with Crippen LogP contribution in [0.4, 0.5) is 0 Å². The number of aliphatic hydroxyl groups excluding tert-OH is 1. The molecule has 2 unspecified atom stereocenters. The van der Waals surface area contributed by atoms with E-state index in [9.17, 15) is 5.11 Å². The maximum absolute atomic E-state index is 10.8. The summed E-state index contributed by atoms with van der Waals surface area (Å²) in [5, 5.41) is 15.8. The molecule has 0 radical (unpaired) electrons. The number of hydrazine groups is 1. The van der Waals surface area contributed by atoms with Crippen LogP contribution in [0.2, 0.25) is 0 Å². The monoisotopic (exact) mass is 477 g/mol. The zero-order valence-electron chi connectivity index (χ0n) is 21.5. The highest BCUT2D eigenvalue weighted by Crippen LogP contribution is 2.21. The minimum atomic E-state index is -0.892. The number of hydrogen-bond acceptors (Lipinski definition) is 6. The third-order valence-electron chi connectivity index (χ3n) is 6.50. The minimum Gasteiger partial charge on any atom is -0.368 e. The van der Waals surface area contributed by atoms with E-state index in [4.69, 9.17) is 6.42 Å². The van der Waals surface area contributed by atoms with Crippen LogP contribution < -0.4 is 10.7 Å². The Morgan fingerprint density at radius 2 is 2.09 bits per heavy atom. The average molecular weight is 478 g/mol. The van der Waals surface area contributed by atoms with Gasteiger partial charge in [-0.2, -0.15) is 0 Å². The van der Waals surface area contributed by atoms with Crippen molar-refractivity contribution >= 4 is 0 Å². The van der Waals surface area contributed by atoms with Gasteiger partial charge < -0.3 is 15.8 Å². The van der Waals surface area contributed by atoms with Crippen molar-refractivity contribution in [2.45, 2.75) is 63.6 Å². The molecule has 1 saturated carbocycles. The van der Waals surface area contributed by atoms with Gasteiger partial charge in [-0.15, -0.1) is 6.42 Å². The normalized spacial score (nSPS) is 17.0. The zero-order valence-corrected chi connectivity index (χ0v) is 21.5. The summed E-state index contributed by atoms with van der Waals surface area (Å²) in [6.07, 6.45) is 20.9. The molecule has 1 aliphatic rings. The van der Waals surface area contributed by atoms with Gasteiger partial charge in [-0.1, -0.05) is 63.5 Å². The summed E-state index contributed by atoms with van der Waals surface area (Å²) in [4.78, 5) is 6.78. The van der Waals surface area contributed by atoms with E-state index in [1.807, 2.05) is 30.4 Å². The average Bonchev–Trinajstić information content (AvgIpc) is 2.89. The van der Waals surface area contributed by atoms with Gasteiger partial charge in [0.25, 0.3) is 0 Å². The molecule has 0 bridgehead atoms. The highest BCUT2D eigenvalue weighted by molar-refractivity contribution is 5.29. The van der Waals surface area contributed by atoms with Crippen molar-refractivity contribution in [3.05, 3.63) is 78.9 Å². The Labute approximate surface area is 212 Å². The van der Waals surface area contributed by atoms with Gasteiger partial charge >= 0.3 is 0 Å². The summed E-state index contributed by atoms with van der Waals surface area (Å²) in [7, 11) is 2.05. The van der Waals surface area contributed by atoms with Crippen molar-refractivity contribution in [2.75, 3.05) is 26.7 Å². The van der Waals surface area contributed by atoms with Crippen LogP contribution in [0.25, 0.3) is 0 Å². The van der Waals surface area contributed by atoms with Gasteiger partial charge in [-0.05, 0) is 55.8 Å². The van der Waals surface area contributed by atoms with Gasteiger partial charge in [-0.25, -0.2) is 5.01 Å². The van der Waals surface area contributed by atoms with E-state index < -0.39 is 6.23 Å². The number of aliphatic hydroxyl groups is 1. The number of rotatable bonds is 15. The van der Waals surface area contributed by atoms with Crippen LogP contribution >= 0.6 is 0 Å². The first-order valence-electron chi connectivity index (χ1n) is 12.7. The highest BCUT2D eigenvalue weighted by Gasteiger charge is 2.21. The molecule has 35 heavy (non-hydrogen) atoms. The van der Waals surface area contributed by atoms with Crippen LogP contribution in [0.3, 0.4) is 0 Å². The molecule has 3 N–H and O–H groups in total. The lowest BCUT2D eigenvalue weighted by molar-refractivity contribution is 0.110. The Kier molecular flexibility index (Phi) is 12.9. The fraction of sp³-hybridized carbons (Fsp3) is 0.483. The third-order valence-corrected chi connectivity index (χ3v) is 6.50. The molecule has 0 amide bonds. The first-order chi connectivity index (χ1) is 17.0. The lowest BCUT2D eigenvalue weighted by atomic mass is 9.95. The molecule has 1 fully saturated rings. The van der Waals surface area contributed by atoms with Gasteiger partial charge in [0, 0.05) is 32.4 Å². The number of hydrogen-bond donors (Lipinski definition) is 3. The molecular weight excluding hydrogens is 434 g/mol. The van der Waals surface area contributed by atoms with Crippen molar-refractivity contribution in [3.63, 3.8) is 0 Å². The summed E-state index contributed by atoms with van der Waals surface area (Å²) in [5.41, 5.74) is 6.09. The predicted octanol–water partition coefficient (Wildman–Crippen LogP) is 4.33. The van der Waals surface area contributed by atoms with Gasteiger partial charge in [0.15, 0.2) is 6.23 Å². The van der Waals surface area contributed by atoms with Crippen molar-refractivity contribution < 1.29 is 5.11 Å². The highest BCUT2D eigenvalue weighted by atomic mass is 16.3. The van der Waals surface area contributed by atoms with Crippen LogP contribution in [0.5, 0.6) is 0 Å². The van der Waals surface area contributed by atoms with Crippen LogP contribution in [-0.4, -0.2) is 59.0 Å². The van der Waals surface area contributed by atoms with Crippen molar-refractivity contribution in [1.82, 2.24) is 25.6 Å². The van der Waals surface area contributed by atoms with Gasteiger partial charge in [0.2, 0.25) is 0 Å². The van der Waals surface area contributed by atoms with Crippen molar-refractivity contribution in [2.24, 2.45) is 0 Å². The number of terminal acetylenes is 1. The molecule has 0 aromatic carbocycles. The molecule has 6 heteroatoms. The number of aromatic nitrogens is 1. The quantitative estimate of drug-likeness (QED) is 0.151. The second kappa shape index (κ2) is 15.9. The first-order valence-corrected chi connectivity index (χ1v) is 12.7. The maximum atomic E-state index is 10.8. The molecule has 1 aromatic heterocycles. The molecule has 1 aromatic rings. The van der Waals surface area contributed by atoms with Crippen molar-refractivity contribution in [3.8, 4) is 12.3 Å². The van der Waals surface area contributed by atoms with E-state index in [0.717, 1.165) is 43.6 Å². The first kappa shape index (κ1) is 28.4. The number of pyridine rings is 1. The lowest BCUT2D eigenvalue weighted by Crippen LogP contribution is -2.47. The van der Waals surface area contributed by atoms with E-state index in [-0.39, 0.29) is 5.92 Å². The zero-order chi connectivity index (χ0) is 25.5.